The van der Waals surface area contributed by atoms with Crippen LogP contribution in [0, 0.1) is 11.8 Å². The van der Waals surface area contributed by atoms with E-state index in [1.54, 1.807) is 6.08 Å². The summed E-state index contributed by atoms with van der Waals surface area (Å²) in [5.41, 5.74) is 7.16. The molecule has 0 aromatic heterocycles. The van der Waals surface area contributed by atoms with Gasteiger partial charge < -0.3 is 20.3 Å². The van der Waals surface area contributed by atoms with Crippen molar-refractivity contribution < 1.29 is 19.4 Å². The fourth-order valence-corrected chi connectivity index (χ4v) is 2.35. The van der Waals surface area contributed by atoms with E-state index < -0.39 is 12.2 Å². The number of hydrogen-bond acceptors (Lipinski definition) is 4. The van der Waals surface area contributed by atoms with Gasteiger partial charge in [-0.1, -0.05) is 38.1 Å². The minimum Gasteiger partial charge on any atom is -0.459 e. The molecule has 0 radical (unpaired) electrons. The summed E-state index contributed by atoms with van der Waals surface area (Å²) in [4.78, 5) is 11.4. The number of amides is 1. The number of aliphatic hydroxyl groups excluding tert-OH is 1. The first-order chi connectivity index (χ1) is 10.5. The van der Waals surface area contributed by atoms with Crippen LogP contribution in [0.2, 0.25) is 0 Å². The molecule has 22 heavy (non-hydrogen) atoms. The third-order valence-electron chi connectivity index (χ3n) is 3.83. The normalized spacial score (nSPS) is 21.4. The van der Waals surface area contributed by atoms with E-state index in [4.69, 9.17) is 20.3 Å². The molecule has 2 atom stereocenters. The van der Waals surface area contributed by atoms with Gasteiger partial charge in [-0.3, -0.25) is 4.79 Å². The highest BCUT2D eigenvalue weighted by atomic mass is 16.7. The van der Waals surface area contributed by atoms with Crippen LogP contribution in [0.4, 0.5) is 0 Å². The lowest BCUT2D eigenvalue weighted by molar-refractivity contribution is -0.153. The molecular weight excluding hydrogens is 282 g/mol. The van der Waals surface area contributed by atoms with Crippen LogP contribution in [0.5, 0.6) is 0 Å². The van der Waals surface area contributed by atoms with Crippen LogP contribution in [0.1, 0.15) is 31.4 Å². The molecule has 3 N–H and O–H groups in total. The molecule has 2 rings (SSSR count). The van der Waals surface area contributed by atoms with Gasteiger partial charge in [0.25, 0.3) is 5.91 Å². The molecule has 1 aromatic rings. The van der Waals surface area contributed by atoms with Crippen molar-refractivity contribution in [2.75, 3.05) is 0 Å². The number of allylic oxidation sites excluding steroid dienone is 1. The lowest BCUT2D eigenvalue weighted by Crippen LogP contribution is -2.31. The maximum Gasteiger partial charge on any atom is 0.283 e. The van der Waals surface area contributed by atoms with E-state index in [0.717, 1.165) is 11.1 Å². The second-order valence-corrected chi connectivity index (χ2v) is 5.87. The average Bonchev–Trinajstić information content (AvgIpc) is 2.53. The molecule has 0 saturated carbocycles. The zero-order chi connectivity index (χ0) is 16.1. The highest BCUT2D eigenvalue weighted by Gasteiger charge is 2.28. The van der Waals surface area contributed by atoms with Crippen LogP contribution < -0.4 is 5.73 Å². The molecule has 5 heteroatoms. The van der Waals surface area contributed by atoms with E-state index in [1.807, 2.05) is 24.3 Å². The van der Waals surface area contributed by atoms with Crippen molar-refractivity contribution in [3.05, 3.63) is 47.2 Å². The number of ether oxygens (including phenoxy) is 2. The van der Waals surface area contributed by atoms with Gasteiger partial charge in [-0.2, -0.15) is 0 Å². The van der Waals surface area contributed by atoms with E-state index in [0.29, 0.717) is 18.9 Å². The summed E-state index contributed by atoms with van der Waals surface area (Å²) in [7, 11) is 0. The molecule has 0 unspecified atom stereocenters. The lowest BCUT2D eigenvalue weighted by atomic mass is 9.90. The van der Waals surface area contributed by atoms with E-state index in [1.165, 1.54) is 0 Å². The number of rotatable bonds is 6. The summed E-state index contributed by atoms with van der Waals surface area (Å²) < 4.78 is 11.3. The highest BCUT2D eigenvalue weighted by molar-refractivity contribution is 5.90. The number of carbonyl (C=O) groups is 1. The smallest absolute Gasteiger partial charge is 0.283 e. The molecular formula is C17H23NO4. The van der Waals surface area contributed by atoms with Gasteiger partial charge in [0.2, 0.25) is 6.29 Å². The summed E-state index contributed by atoms with van der Waals surface area (Å²) in [6, 6.07) is 7.51. The SMILES string of the molecule is CC(C)[C@@H]1C=C(C(N)=O)O[C@H](OCc2ccc(CO)cc2)C1. The number of hydrogen-bond donors (Lipinski definition) is 2. The van der Waals surface area contributed by atoms with Crippen LogP contribution in [0.25, 0.3) is 0 Å². The topological polar surface area (TPSA) is 81.8 Å². The van der Waals surface area contributed by atoms with Crippen molar-refractivity contribution in [3.63, 3.8) is 0 Å². The third kappa shape index (κ3) is 4.32. The number of aliphatic hydroxyl groups is 1. The fraction of sp³-hybridized carbons (Fsp3) is 0.471. The molecule has 1 heterocycles. The predicted octanol–water partition coefficient (Wildman–Crippen LogP) is 2.08. The molecule has 1 aliphatic heterocycles. The Labute approximate surface area is 130 Å². The van der Waals surface area contributed by atoms with Gasteiger partial charge in [-0.25, -0.2) is 0 Å². The van der Waals surface area contributed by atoms with Crippen molar-refractivity contribution in [1.29, 1.82) is 0 Å². The van der Waals surface area contributed by atoms with E-state index in [2.05, 4.69) is 13.8 Å². The Hall–Kier alpha value is -1.85. The minimum absolute atomic E-state index is 0.0235. The van der Waals surface area contributed by atoms with Crippen molar-refractivity contribution in [3.8, 4) is 0 Å². The molecule has 1 amide bonds. The maximum atomic E-state index is 11.4. The first kappa shape index (κ1) is 16.5. The molecule has 0 saturated heterocycles. The van der Waals surface area contributed by atoms with Crippen LogP contribution in [0.15, 0.2) is 36.1 Å². The van der Waals surface area contributed by atoms with Gasteiger partial charge in [0.1, 0.15) is 0 Å². The van der Waals surface area contributed by atoms with Crippen LogP contribution in [-0.4, -0.2) is 17.3 Å². The fourth-order valence-electron chi connectivity index (χ4n) is 2.35. The van der Waals surface area contributed by atoms with Crippen molar-refractivity contribution >= 4 is 5.91 Å². The number of carbonyl (C=O) groups excluding carboxylic acids is 1. The first-order valence-corrected chi connectivity index (χ1v) is 7.48. The van der Waals surface area contributed by atoms with Crippen LogP contribution >= 0.6 is 0 Å². The molecule has 0 bridgehead atoms. The van der Waals surface area contributed by atoms with Crippen molar-refractivity contribution in [2.24, 2.45) is 17.6 Å². The molecule has 0 aliphatic carbocycles. The van der Waals surface area contributed by atoms with Crippen molar-refractivity contribution in [1.82, 2.24) is 0 Å². The van der Waals surface area contributed by atoms with Gasteiger partial charge in [0, 0.05) is 6.42 Å². The minimum atomic E-state index is -0.564. The number of benzene rings is 1. The van der Waals surface area contributed by atoms with E-state index in [-0.39, 0.29) is 18.3 Å². The van der Waals surface area contributed by atoms with E-state index in [9.17, 15) is 4.79 Å². The van der Waals surface area contributed by atoms with Gasteiger partial charge in [0.05, 0.1) is 13.2 Å². The molecule has 120 valence electrons. The van der Waals surface area contributed by atoms with Gasteiger partial charge >= 0.3 is 0 Å². The summed E-state index contributed by atoms with van der Waals surface area (Å²) in [5, 5.41) is 9.02. The Balaban J connectivity index is 1.97. The Bertz CT molecular complexity index is 536. The Morgan fingerprint density at radius 2 is 2.00 bits per heavy atom. The quantitative estimate of drug-likeness (QED) is 0.843. The maximum absolute atomic E-state index is 11.4. The monoisotopic (exact) mass is 305 g/mol. The molecule has 1 aromatic carbocycles. The molecule has 0 spiro atoms. The summed E-state index contributed by atoms with van der Waals surface area (Å²) in [5.74, 6) is 0.211. The highest BCUT2D eigenvalue weighted by Crippen LogP contribution is 2.28. The van der Waals surface area contributed by atoms with E-state index >= 15 is 0 Å². The van der Waals surface area contributed by atoms with Gasteiger partial charge in [0.15, 0.2) is 5.76 Å². The van der Waals surface area contributed by atoms with Crippen molar-refractivity contribution in [2.45, 2.75) is 39.8 Å². The van der Waals surface area contributed by atoms with Crippen LogP contribution in [0.3, 0.4) is 0 Å². The second-order valence-electron chi connectivity index (χ2n) is 5.87. The zero-order valence-electron chi connectivity index (χ0n) is 13.0. The lowest BCUT2D eigenvalue weighted by Gasteiger charge is -2.30. The standard InChI is InChI=1S/C17H23NO4/c1-11(2)14-7-15(17(18)20)22-16(8-14)21-10-13-5-3-12(9-19)4-6-13/h3-7,11,14,16,19H,8-10H2,1-2H3,(H2,18,20)/t14-,16+/m1/s1. The summed E-state index contributed by atoms with van der Waals surface area (Å²) >= 11 is 0. The Morgan fingerprint density at radius 1 is 1.36 bits per heavy atom. The zero-order valence-corrected chi connectivity index (χ0v) is 13.0. The third-order valence-corrected chi connectivity index (χ3v) is 3.83. The number of nitrogens with two attached hydrogens (primary N) is 1. The summed E-state index contributed by atoms with van der Waals surface area (Å²) in [6.45, 7) is 4.59. The summed E-state index contributed by atoms with van der Waals surface area (Å²) in [6.07, 6.45) is 2.02. The molecule has 1 aliphatic rings. The Morgan fingerprint density at radius 3 is 2.55 bits per heavy atom. The van der Waals surface area contributed by atoms with Gasteiger partial charge in [-0.05, 0) is 29.0 Å². The van der Waals surface area contributed by atoms with Crippen LogP contribution in [-0.2, 0) is 27.5 Å². The molecule has 5 nitrogen and oxygen atoms in total. The van der Waals surface area contributed by atoms with Gasteiger partial charge in [-0.15, -0.1) is 0 Å². The first-order valence-electron chi connectivity index (χ1n) is 7.48. The molecule has 0 fully saturated rings. The average molecular weight is 305 g/mol. The number of primary amides is 1. The second kappa shape index (κ2) is 7.42. The largest absolute Gasteiger partial charge is 0.459 e. The predicted molar refractivity (Wildman–Crippen MR) is 82.2 cm³/mol. The Kier molecular flexibility index (Phi) is 5.57.